The number of hydrogen-bond acceptors (Lipinski definition) is 3. The molecule has 0 bridgehead atoms. The number of nitrogens with two attached hydrogens (primary N) is 1. The Morgan fingerprint density at radius 3 is 2.52 bits per heavy atom. The number of ether oxygens (including phenoxy) is 1. The van der Waals surface area contributed by atoms with E-state index >= 15 is 0 Å². The molecular weight excluding hydrogens is 292 g/mol. The molecule has 1 aliphatic rings. The fourth-order valence-electron chi connectivity index (χ4n) is 2.64. The number of fused-ring (bicyclic) bond motifs is 1. The van der Waals surface area contributed by atoms with Crippen LogP contribution in [0.4, 0.5) is 5.69 Å². The topological polar surface area (TPSA) is 72.6 Å². The van der Waals surface area contributed by atoms with Crippen LogP contribution in [0.25, 0.3) is 0 Å². The van der Waals surface area contributed by atoms with Crippen LogP contribution < -0.4 is 15.4 Å². The molecule has 2 amide bonds. The molecule has 5 nitrogen and oxygen atoms in total. The normalized spacial score (nSPS) is 15.7. The molecule has 3 rings (SSSR count). The molecule has 0 aromatic heterocycles. The van der Waals surface area contributed by atoms with E-state index < -0.39 is 11.5 Å². The van der Waals surface area contributed by atoms with Crippen molar-refractivity contribution < 1.29 is 14.3 Å². The standard InChI is InChI=1S/C18H18N2O3/c1-18(2)17(22)20(11-12-6-4-3-5-7-12)14-10-13(16(19)21)8-9-15(14)23-18/h3-10H,11H2,1-2H3,(H2,19,21). The number of nitrogens with zero attached hydrogens (tertiary/aromatic N) is 1. The van der Waals surface area contributed by atoms with E-state index in [1.165, 1.54) is 0 Å². The van der Waals surface area contributed by atoms with Crippen molar-refractivity contribution in [3.05, 3.63) is 59.7 Å². The molecule has 0 aliphatic carbocycles. The maximum absolute atomic E-state index is 12.8. The van der Waals surface area contributed by atoms with Gasteiger partial charge in [-0.2, -0.15) is 0 Å². The first-order valence-electron chi connectivity index (χ1n) is 7.37. The first-order valence-corrected chi connectivity index (χ1v) is 7.37. The van der Waals surface area contributed by atoms with Gasteiger partial charge < -0.3 is 15.4 Å². The number of carbonyl (C=O) groups excluding carboxylic acids is 2. The second-order valence-corrected chi connectivity index (χ2v) is 6.04. The van der Waals surface area contributed by atoms with Gasteiger partial charge in [0.25, 0.3) is 5.91 Å². The highest BCUT2D eigenvalue weighted by Gasteiger charge is 2.41. The zero-order chi connectivity index (χ0) is 16.6. The van der Waals surface area contributed by atoms with Crippen LogP contribution in [0.15, 0.2) is 48.5 Å². The maximum atomic E-state index is 12.8. The fourth-order valence-corrected chi connectivity index (χ4v) is 2.64. The van der Waals surface area contributed by atoms with Crippen LogP contribution in [-0.2, 0) is 11.3 Å². The number of amides is 2. The summed E-state index contributed by atoms with van der Waals surface area (Å²) in [5.41, 5.74) is 6.29. The van der Waals surface area contributed by atoms with Crippen LogP contribution in [0.5, 0.6) is 5.75 Å². The van der Waals surface area contributed by atoms with E-state index in [1.54, 1.807) is 36.9 Å². The number of hydrogen-bond donors (Lipinski definition) is 1. The monoisotopic (exact) mass is 310 g/mol. The maximum Gasteiger partial charge on any atom is 0.271 e. The van der Waals surface area contributed by atoms with E-state index in [0.717, 1.165) is 5.56 Å². The summed E-state index contributed by atoms with van der Waals surface area (Å²) >= 11 is 0. The van der Waals surface area contributed by atoms with Crippen LogP contribution in [0.1, 0.15) is 29.8 Å². The molecule has 0 unspecified atom stereocenters. The van der Waals surface area contributed by atoms with Crippen molar-refractivity contribution in [3.63, 3.8) is 0 Å². The van der Waals surface area contributed by atoms with E-state index in [4.69, 9.17) is 10.5 Å². The zero-order valence-corrected chi connectivity index (χ0v) is 13.1. The Kier molecular flexibility index (Phi) is 3.56. The van der Waals surface area contributed by atoms with E-state index in [9.17, 15) is 9.59 Å². The SMILES string of the molecule is CC1(C)Oc2ccc(C(N)=O)cc2N(Cc2ccccc2)C1=O. The van der Waals surface area contributed by atoms with Gasteiger partial charge >= 0.3 is 0 Å². The van der Waals surface area contributed by atoms with Crippen molar-refractivity contribution in [2.45, 2.75) is 26.0 Å². The summed E-state index contributed by atoms with van der Waals surface area (Å²) < 4.78 is 5.79. The van der Waals surface area contributed by atoms with Crippen molar-refractivity contribution in [2.75, 3.05) is 4.90 Å². The lowest BCUT2D eigenvalue weighted by atomic mass is 10.0. The van der Waals surface area contributed by atoms with Crippen LogP contribution in [0.3, 0.4) is 0 Å². The predicted octanol–water partition coefficient (Wildman–Crippen LogP) is 2.49. The summed E-state index contributed by atoms with van der Waals surface area (Å²) in [5, 5.41) is 0. The molecule has 0 saturated heterocycles. The summed E-state index contributed by atoms with van der Waals surface area (Å²) in [6.07, 6.45) is 0. The van der Waals surface area contributed by atoms with Gasteiger partial charge in [-0.15, -0.1) is 0 Å². The molecular formula is C18H18N2O3. The Labute approximate surface area is 134 Å². The quantitative estimate of drug-likeness (QED) is 0.946. The highest BCUT2D eigenvalue weighted by Crippen LogP contribution is 2.39. The lowest BCUT2D eigenvalue weighted by molar-refractivity contribution is -0.132. The Bertz CT molecular complexity index is 769. The van der Waals surface area contributed by atoms with Crippen molar-refractivity contribution in [1.29, 1.82) is 0 Å². The van der Waals surface area contributed by atoms with Crippen LogP contribution >= 0.6 is 0 Å². The first-order chi connectivity index (χ1) is 10.9. The van der Waals surface area contributed by atoms with Crippen molar-refractivity contribution in [3.8, 4) is 5.75 Å². The summed E-state index contributed by atoms with van der Waals surface area (Å²) in [6.45, 7) is 3.87. The molecule has 2 aromatic carbocycles. The third kappa shape index (κ3) is 2.77. The van der Waals surface area contributed by atoms with Crippen LogP contribution in [0, 0.1) is 0 Å². The molecule has 2 aromatic rings. The van der Waals surface area contributed by atoms with E-state index in [-0.39, 0.29) is 5.91 Å². The predicted molar refractivity (Wildman–Crippen MR) is 87.3 cm³/mol. The fraction of sp³-hybridized carbons (Fsp3) is 0.222. The number of anilines is 1. The van der Waals surface area contributed by atoms with Gasteiger partial charge in [0.05, 0.1) is 12.2 Å². The lowest BCUT2D eigenvalue weighted by Gasteiger charge is -2.39. The summed E-state index contributed by atoms with van der Waals surface area (Å²) in [7, 11) is 0. The lowest BCUT2D eigenvalue weighted by Crippen LogP contribution is -2.52. The van der Waals surface area contributed by atoms with Gasteiger partial charge in [-0.1, -0.05) is 30.3 Å². The molecule has 0 atom stereocenters. The Morgan fingerprint density at radius 1 is 1.17 bits per heavy atom. The number of benzene rings is 2. The molecule has 0 saturated carbocycles. The second-order valence-electron chi connectivity index (χ2n) is 6.04. The average molecular weight is 310 g/mol. The third-order valence-corrected chi connectivity index (χ3v) is 3.84. The van der Waals surface area contributed by atoms with Gasteiger partial charge in [0.15, 0.2) is 5.60 Å². The van der Waals surface area contributed by atoms with Crippen LogP contribution in [0.2, 0.25) is 0 Å². The molecule has 2 N–H and O–H groups in total. The van der Waals surface area contributed by atoms with Crippen molar-refractivity contribution in [1.82, 2.24) is 0 Å². The Balaban J connectivity index is 2.07. The van der Waals surface area contributed by atoms with Gasteiger partial charge in [-0.05, 0) is 37.6 Å². The summed E-state index contributed by atoms with van der Waals surface area (Å²) in [4.78, 5) is 25.9. The zero-order valence-electron chi connectivity index (χ0n) is 13.1. The number of primary amides is 1. The van der Waals surface area contributed by atoms with Crippen molar-refractivity contribution >= 4 is 17.5 Å². The molecule has 1 heterocycles. The molecule has 5 heteroatoms. The molecule has 0 fully saturated rings. The largest absolute Gasteiger partial charge is 0.476 e. The van der Waals surface area contributed by atoms with E-state index in [0.29, 0.717) is 23.5 Å². The van der Waals surface area contributed by atoms with E-state index in [1.807, 2.05) is 30.3 Å². The minimum atomic E-state index is -0.962. The summed E-state index contributed by atoms with van der Waals surface area (Å²) in [6, 6.07) is 14.6. The molecule has 0 spiro atoms. The molecule has 1 aliphatic heterocycles. The Morgan fingerprint density at radius 2 is 1.87 bits per heavy atom. The van der Waals surface area contributed by atoms with Gasteiger partial charge in [0, 0.05) is 5.56 Å². The second kappa shape index (κ2) is 5.43. The first kappa shape index (κ1) is 15.1. The number of carbonyl (C=O) groups is 2. The average Bonchev–Trinajstić information content (AvgIpc) is 2.52. The highest BCUT2D eigenvalue weighted by atomic mass is 16.5. The van der Waals surface area contributed by atoms with Gasteiger partial charge in [0.2, 0.25) is 5.91 Å². The van der Waals surface area contributed by atoms with Gasteiger partial charge in [0.1, 0.15) is 5.75 Å². The molecule has 118 valence electrons. The molecule has 0 radical (unpaired) electrons. The number of rotatable bonds is 3. The smallest absolute Gasteiger partial charge is 0.271 e. The highest BCUT2D eigenvalue weighted by molar-refractivity contribution is 6.04. The summed E-state index contributed by atoms with van der Waals surface area (Å²) in [5.74, 6) is -0.129. The third-order valence-electron chi connectivity index (χ3n) is 3.84. The van der Waals surface area contributed by atoms with E-state index in [2.05, 4.69) is 0 Å². The van der Waals surface area contributed by atoms with Crippen LogP contribution in [-0.4, -0.2) is 17.4 Å². The van der Waals surface area contributed by atoms with Crippen molar-refractivity contribution in [2.24, 2.45) is 5.73 Å². The minimum absolute atomic E-state index is 0.157. The van der Waals surface area contributed by atoms with Gasteiger partial charge in [-0.3, -0.25) is 9.59 Å². The molecule has 23 heavy (non-hydrogen) atoms. The van der Waals surface area contributed by atoms with Gasteiger partial charge in [-0.25, -0.2) is 0 Å². The minimum Gasteiger partial charge on any atom is -0.476 e. The Hall–Kier alpha value is -2.82.